The van der Waals surface area contributed by atoms with Crippen LogP contribution in [-0.4, -0.2) is 9.81 Å². The predicted molar refractivity (Wildman–Crippen MR) is 71.1 cm³/mol. The third-order valence-corrected chi connectivity index (χ3v) is 4.30. The number of rotatable bonds is 1. The van der Waals surface area contributed by atoms with Crippen LogP contribution >= 0.6 is 15.9 Å². The van der Waals surface area contributed by atoms with Crippen LogP contribution in [0.2, 0.25) is 0 Å². The summed E-state index contributed by atoms with van der Waals surface area (Å²) in [6.07, 6.45) is 5.71. The summed E-state index contributed by atoms with van der Waals surface area (Å²) >= 11 is 3.72. The molecule has 2 heteroatoms. The van der Waals surface area contributed by atoms with Gasteiger partial charge in [-0.1, -0.05) is 40.2 Å². The van der Waals surface area contributed by atoms with E-state index in [1.54, 1.807) is 0 Å². The lowest BCUT2D eigenvalue weighted by Crippen LogP contribution is -1.96. The Morgan fingerprint density at radius 2 is 2.00 bits per heavy atom. The topological polar surface area (TPSA) is 12.9 Å². The minimum Gasteiger partial charge on any atom is -0.256 e. The SMILES string of the molecule is BrC1CCC(c2cccc3cccnc23)C1. The first-order chi connectivity index (χ1) is 7.84. The maximum atomic E-state index is 4.54. The van der Waals surface area contributed by atoms with Crippen molar-refractivity contribution in [2.75, 3.05) is 0 Å². The lowest BCUT2D eigenvalue weighted by Gasteiger charge is -2.12. The summed E-state index contributed by atoms with van der Waals surface area (Å²) in [6.45, 7) is 0. The third-order valence-electron chi connectivity index (χ3n) is 3.47. The summed E-state index contributed by atoms with van der Waals surface area (Å²) in [5.74, 6) is 0.683. The van der Waals surface area contributed by atoms with Crippen molar-refractivity contribution < 1.29 is 0 Å². The molecule has 1 saturated carbocycles. The van der Waals surface area contributed by atoms with E-state index in [0.717, 1.165) is 0 Å². The number of fused-ring (bicyclic) bond motifs is 1. The largest absolute Gasteiger partial charge is 0.256 e. The van der Waals surface area contributed by atoms with E-state index < -0.39 is 0 Å². The molecule has 1 fully saturated rings. The summed E-state index contributed by atoms with van der Waals surface area (Å²) in [5, 5.41) is 1.26. The highest BCUT2D eigenvalue weighted by molar-refractivity contribution is 9.09. The molecular formula is C14H14BrN. The highest BCUT2D eigenvalue weighted by atomic mass is 79.9. The predicted octanol–water partition coefficient (Wildman–Crippen LogP) is 4.27. The summed E-state index contributed by atoms with van der Waals surface area (Å²) < 4.78 is 0. The number of halogens is 1. The summed E-state index contributed by atoms with van der Waals surface area (Å²) in [6, 6.07) is 10.7. The Morgan fingerprint density at radius 1 is 1.12 bits per heavy atom. The number of hydrogen-bond donors (Lipinski definition) is 0. The zero-order chi connectivity index (χ0) is 11.0. The molecule has 3 rings (SSSR count). The summed E-state index contributed by atoms with van der Waals surface area (Å²) in [4.78, 5) is 5.23. The fourth-order valence-electron chi connectivity index (χ4n) is 2.67. The molecule has 2 atom stereocenters. The van der Waals surface area contributed by atoms with E-state index in [9.17, 15) is 0 Å². The van der Waals surface area contributed by atoms with E-state index in [0.29, 0.717) is 10.7 Å². The van der Waals surface area contributed by atoms with E-state index in [1.165, 1.54) is 35.7 Å². The number of hydrogen-bond acceptors (Lipinski definition) is 1. The number of para-hydroxylation sites is 1. The van der Waals surface area contributed by atoms with Gasteiger partial charge < -0.3 is 0 Å². The Bertz CT molecular complexity index is 504. The van der Waals surface area contributed by atoms with Crippen molar-refractivity contribution in [3.05, 3.63) is 42.1 Å². The standard InChI is InChI=1S/C14H14BrN/c15-12-7-6-11(9-12)13-5-1-3-10-4-2-8-16-14(10)13/h1-5,8,11-12H,6-7,9H2. The smallest absolute Gasteiger partial charge is 0.0736 e. The van der Waals surface area contributed by atoms with Crippen LogP contribution in [0.5, 0.6) is 0 Å². The van der Waals surface area contributed by atoms with Crippen LogP contribution in [0.1, 0.15) is 30.7 Å². The summed E-state index contributed by atoms with van der Waals surface area (Å²) in [5.41, 5.74) is 2.62. The average Bonchev–Trinajstić information content (AvgIpc) is 2.75. The zero-order valence-electron chi connectivity index (χ0n) is 9.07. The molecule has 16 heavy (non-hydrogen) atoms. The van der Waals surface area contributed by atoms with Crippen LogP contribution in [0.15, 0.2) is 36.5 Å². The molecule has 2 aromatic rings. The van der Waals surface area contributed by atoms with Crippen molar-refractivity contribution in [1.82, 2.24) is 4.98 Å². The van der Waals surface area contributed by atoms with Gasteiger partial charge >= 0.3 is 0 Å². The molecule has 0 bridgehead atoms. The quantitative estimate of drug-likeness (QED) is 0.709. The number of pyridine rings is 1. The molecule has 0 aliphatic heterocycles. The van der Waals surface area contributed by atoms with Crippen molar-refractivity contribution in [3.63, 3.8) is 0 Å². The van der Waals surface area contributed by atoms with Crippen LogP contribution in [-0.2, 0) is 0 Å². The van der Waals surface area contributed by atoms with Gasteiger partial charge in [0, 0.05) is 16.4 Å². The van der Waals surface area contributed by atoms with Crippen LogP contribution in [0.25, 0.3) is 10.9 Å². The van der Waals surface area contributed by atoms with E-state index in [4.69, 9.17) is 0 Å². The Labute approximate surface area is 104 Å². The van der Waals surface area contributed by atoms with Gasteiger partial charge in [-0.2, -0.15) is 0 Å². The van der Waals surface area contributed by atoms with Gasteiger partial charge in [-0.3, -0.25) is 4.98 Å². The molecule has 1 aliphatic carbocycles. The Morgan fingerprint density at radius 3 is 2.81 bits per heavy atom. The number of nitrogens with zero attached hydrogens (tertiary/aromatic N) is 1. The van der Waals surface area contributed by atoms with Crippen LogP contribution in [0.3, 0.4) is 0 Å². The highest BCUT2D eigenvalue weighted by Gasteiger charge is 2.25. The zero-order valence-corrected chi connectivity index (χ0v) is 10.7. The highest BCUT2D eigenvalue weighted by Crippen LogP contribution is 2.39. The molecule has 0 radical (unpaired) electrons. The van der Waals surface area contributed by atoms with Crippen molar-refractivity contribution in [2.45, 2.75) is 30.0 Å². The molecule has 1 nitrogen and oxygen atoms in total. The van der Waals surface area contributed by atoms with Gasteiger partial charge in [0.2, 0.25) is 0 Å². The minimum atomic E-state index is 0.683. The van der Waals surface area contributed by atoms with E-state index in [-0.39, 0.29) is 0 Å². The van der Waals surface area contributed by atoms with Crippen LogP contribution in [0.4, 0.5) is 0 Å². The van der Waals surface area contributed by atoms with Crippen LogP contribution in [0, 0.1) is 0 Å². The molecule has 82 valence electrons. The first-order valence-electron chi connectivity index (χ1n) is 5.82. The summed E-state index contributed by atoms with van der Waals surface area (Å²) in [7, 11) is 0. The molecule has 1 aromatic carbocycles. The normalized spacial score (nSPS) is 25.1. The average molecular weight is 276 g/mol. The number of alkyl halides is 1. The molecule has 1 heterocycles. The van der Waals surface area contributed by atoms with Crippen molar-refractivity contribution in [3.8, 4) is 0 Å². The van der Waals surface area contributed by atoms with Crippen molar-refractivity contribution in [2.24, 2.45) is 0 Å². The lowest BCUT2D eigenvalue weighted by molar-refractivity contribution is 0.730. The van der Waals surface area contributed by atoms with Gasteiger partial charge in [-0.15, -0.1) is 0 Å². The molecule has 0 spiro atoms. The number of benzene rings is 1. The fourth-order valence-corrected chi connectivity index (χ4v) is 3.38. The van der Waals surface area contributed by atoms with Crippen molar-refractivity contribution in [1.29, 1.82) is 0 Å². The minimum absolute atomic E-state index is 0.683. The van der Waals surface area contributed by atoms with E-state index in [1.807, 2.05) is 12.3 Å². The Balaban J connectivity index is 2.09. The van der Waals surface area contributed by atoms with Gasteiger partial charge in [0.1, 0.15) is 0 Å². The lowest BCUT2D eigenvalue weighted by atomic mass is 9.95. The molecule has 0 N–H and O–H groups in total. The number of aromatic nitrogens is 1. The van der Waals surface area contributed by atoms with E-state index in [2.05, 4.69) is 45.2 Å². The fraction of sp³-hybridized carbons (Fsp3) is 0.357. The van der Waals surface area contributed by atoms with E-state index >= 15 is 0 Å². The Hall–Kier alpha value is -0.890. The van der Waals surface area contributed by atoms with Gasteiger partial charge in [0.05, 0.1) is 5.52 Å². The maximum Gasteiger partial charge on any atom is 0.0736 e. The third kappa shape index (κ3) is 1.75. The molecule has 0 saturated heterocycles. The second-order valence-corrected chi connectivity index (χ2v) is 5.82. The van der Waals surface area contributed by atoms with Crippen LogP contribution < -0.4 is 0 Å². The molecular weight excluding hydrogens is 262 g/mol. The molecule has 1 aliphatic rings. The first kappa shape index (κ1) is 10.3. The Kier molecular flexibility index (Phi) is 2.68. The van der Waals surface area contributed by atoms with Gasteiger partial charge in [-0.05, 0) is 36.8 Å². The molecule has 0 amide bonds. The monoisotopic (exact) mass is 275 g/mol. The molecule has 2 unspecified atom stereocenters. The second-order valence-electron chi connectivity index (χ2n) is 4.53. The van der Waals surface area contributed by atoms with Gasteiger partial charge in [0.25, 0.3) is 0 Å². The maximum absolute atomic E-state index is 4.54. The first-order valence-corrected chi connectivity index (χ1v) is 6.74. The van der Waals surface area contributed by atoms with Gasteiger partial charge in [-0.25, -0.2) is 0 Å². The van der Waals surface area contributed by atoms with Gasteiger partial charge in [0.15, 0.2) is 0 Å². The second kappa shape index (κ2) is 4.17. The van der Waals surface area contributed by atoms with Crippen molar-refractivity contribution >= 4 is 26.8 Å². The molecule has 1 aromatic heterocycles.